The van der Waals surface area contributed by atoms with Gasteiger partial charge in [0.25, 0.3) is 0 Å². The summed E-state index contributed by atoms with van der Waals surface area (Å²) in [4.78, 5) is 0. The van der Waals surface area contributed by atoms with Gasteiger partial charge in [-0.05, 0) is 0 Å². The first-order valence-electron chi connectivity index (χ1n) is 2.47. The summed E-state index contributed by atoms with van der Waals surface area (Å²) < 4.78 is 4.95. The first-order chi connectivity index (χ1) is 3.34. The molecule has 1 fully saturated rings. The van der Waals surface area contributed by atoms with E-state index < -0.39 is 0 Å². The molecular weight excluding hydrogens is 90.1 g/mol. The van der Waals surface area contributed by atoms with Gasteiger partial charge in [0.05, 0.1) is 12.7 Å². The van der Waals surface area contributed by atoms with Gasteiger partial charge in [-0.25, -0.2) is 0 Å². The summed E-state index contributed by atoms with van der Waals surface area (Å²) in [6.45, 7) is 2.92. The number of hydrogen-bond acceptors (Lipinski definition) is 2. The second-order valence-electron chi connectivity index (χ2n) is 1.94. The molecule has 40 valence electrons. The molecular formula is C5H9NO. The topological polar surface area (TPSA) is 33.1 Å². The van der Waals surface area contributed by atoms with E-state index in [1.54, 1.807) is 0 Å². The lowest BCUT2D eigenvalue weighted by Crippen LogP contribution is -2.38. The molecule has 2 unspecified atom stereocenters. The summed E-state index contributed by atoms with van der Waals surface area (Å²) in [5.74, 6) is 0.581. The number of nitrogens with one attached hydrogen (secondary N) is 1. The van der Waals surface area contributed by atoms with Crippen LogP contribution >= 0.6 is 0 Å². The van der Waals surface area contributed by atoms with Crippen molar-refractivity contribution in [3.8, 4) is 0 Å². The highest BCUT2D eigenvalue weighted by Crippen LogP contribution is 2.16. The van der Waals surface area contributed by atoms with Gasteiger partial charge in [0.15, 0.2) is 0 Å². The molecule has 2 atom stereocenters. The lowest BCUT2D eigenvalue weighted by molar-refractivity contribution is -0.0607. The Kier molecular flexibility index (Phi) is 1.11. The minimum atomic E-state index is 0.125. The van der Waals surface area contributed by atoms with E-state index in [9.17, 15) is 0 Å². The molecule has 0 aromatic heterocycles. The summed E-state index contributed by atoms with van der Waals surface area (Å²) in [5.41, 5.74) is 0. The zero-order valence-corrected chi connectivity index (χ0v) is 4.35. The van der Waals surface area contributed by atoms with Crippen LogP contribution in [-0.2, 0) is 4.74 Å². The Morgan fingerprint density at radius 2 is 2.57 bits per heavy atom. The summed E-state index contributed by atoms with van der Waals surface area (Å²) in [6, 6.07) is 0. The molecule has 1 heterocycles. The quantitative estimate of drug-likeness (QED) is 0.481. The average Bonchev–Trinajstić information content (AvgIpc) is 1.65. The van der Waals surface area contributed by atoms with Crippen molar-refractivity contribution in [2.45, 2.75) is 13.0 Å². The predicted octanol–water partition coefficient (Wildman–Crippen LogP) is 0.671. The van der Waals surface area contributed by atoms with Crippen LogP contribution in [-0.4, -0.2) is 18.9 Å². The predicted molar refractivity (Wildman–Crippen MR) is 27.7 cm³/mol. The second-order valence-corrected chi connectivity index (χ2v) is 1.94. The van der Waals surface area contributed by atoms with Gasteiger partial charge in [-0.15, -0.1) is 0 Å². The van der Waals surface area contributed by atoms with Crippen molar-refractivity contribution in [3.05, 3.63) is 0 Å². The van der Waals surface area contributed by atoms with E-state index in [0.717, 1.165) is 6.61 Å². The summed E-state index contributed by atoms with van der Waals surface area (Å²) in [7, 11) is 0. The zero-order valence-electron chi connectivity index (χ0n) is 4.35. The van der Waals surface area contributed by atoms with Crippen molar-refractivity contribution < 1.29 is 4.74 Å². The Morgan fingerprint density at radius 1 is 1.86 bits per heavy atom. The molecule has 0 aromatic carbocycles. The molecule has 7 heavy (non-hydrogen) atoms. The Balaban J connectivity index is 2.28. The summed E-state index contributed by atoms with van der Waals surface area (Å²) >= 11 is 0. The van der Waals surface area contributed by atoms with E-state index >= 15 is 0 Å². The van der Waals surface area contributed by atoms with E-state index in [-0.39, 0.29) is 6.10 Å². The van der Waals surface area contributed by atoms with Gasteiger partial charge in [-0.1, -0.05) is 6.92 Å². The zero-order chi connectivity index (χ0) is 5.28. The van der Waals surface area contributed by atoms with Crippen LogP contribution in [0.25, 0.3) is 0 Å². The van der Waals surface area contributed by atoms with Crippen LogP contribution in [0, 0.1) is 11.3 Å². The van der Waals surface area contributed by atoms with Crippen molar-refractivity contribution in [2.24, 2.45) is 5.92 Å². The first kappa shape index (κ1) is 4.78. The third-order valence-corrected chi connectivity index (χ3v) is 1.28. The van der Waals surface area contributed by atoms with E-state index in [2.05, 4.69) is 6.92 Å². The van der Waals surface area contributed by atoms with Crippen molar-refractivity contribution >= 4 is 6.21 Å². The fourth-order valence-electron chi connectivity index (χ4n) is 0.612. The van der Waals surface area contributed by atoms with Crippen LogP contribution in [0.2, 0.25) is 0 Å². The molecule has 1 N–H and O–H groups in total. The van der Waals surface area contributed by atoms with Gasteiger partial charge in [0.1, 0.15) is 0 Å². The minimum absolute atomic E-state index is 0.125. The number of rotatable bonds is 1. The Morgan fingerprint density at radius 3 is 2.57 bits per heavy atom. The monoisotopic (exact) mass is 99.1 g/mol. The Bertz CT molecular complexity index is 82.1. The van der Waals surface area contributed by atoms with Crippen molar-refractivity contribution in [1.82, 2.24) is 0 Å². The highest BCUT2D eigenvalue weighted by Gasteiger charge is 2.24. The molecule has 0 bridgehead atoms. The Labute approximate surface area is 43.0 Å². The molecule has 2 heteroatoms. The van der Waals surface area contributed by atoms with Gasteiger partial charge in [0, 0.05) is 12.1 Å². The molecule has 0 spiro atoms. The molecule has 1 saturated heterocycles. The van der Waals surface area contributed by atoms with Crippen LogP contribution in [0.5, 0.6) is 0 Å². The van der Waals surface area contributed by atoms with Gasteiger partial charge < -0.3 is 10.1 Å². The fourth-order valence-corrected chi connectivity index (χ4v) is 0.612. The van der Waals surface area contributed by atoms with Crippen LogP contribution in [0.1, 0.15) is 6.92 Å². The molecule has 1 aliphatic rings. The molecule has 0 aromatic rings. The third kappa shape index (κ3) is 0.657. The lowest BCUT2D eigenvalue weighted by Gasteiger charge is -2.30. The summed E-state index contributed by atoms with van der Waals surface area (Å²) in [6.07, 6.45) is 1.48. The molecule has 0 radical (unpaired) electrons. The average molecular weight is 99.1 g/mol. The number of ether oxygens (including phenoxy) is 1. The molecule has 2 nitrogen and oxygen atoms in total. The van der Waals surface area contributed by atoms with Crippen LogP contribution in [0.3, 0.4) is 0 Å². The van der Waals surface area contributed by atoms with Crippen molar-refractivity contribution in [3.63, 3.8) is 0 Å². The van der Waals surface area contributed by atoms with Crippen LogP contribution in [0.15, 0.2) is 0 Å². The van der Waals surface area contributed by atoms with Gasteiger partial charge in [0.2, 0.25) is 0 Å². The van der Waals surface area contributed by atoms with Gasteiger partial charge in [-0.2, -0.15) is 0 Å². The standard InChI is InChI=1S/C5H9NO/c1-4-3-7-5(4)2-6/h2,4-6H,3H2,1H3. The van der Waals surface area contributed by atoms with Gasteiger partial charge in [-0.3, -0.25) is 0 Å². The molecule has 1 aliphatic heterocycles. The molecule has 0 aliphatic carbocycles. The summed E-state index contributed by atoms with van der Waals surface area (Å²) in [5, 5.41) is 6.74. The van der Waals surface area contributed by atoms with Crippen molar-refractivity contribution in [1.29, 1.82) is 5.41 Å². The smallest absolute Gasteiger partial charge is 0.0966 e. The maximum Gasteiger partial charge on any atom is 0.0966 e. The van der Waals surface area contributed by atoms with Crippen LogP contribution < -0.4 is 0 Å². The third-order valence-electron chi connectivity index (χ3n) is 1.28. The number of hydrogen-bond donors (Lipinski definition) is 1. The largest absolute Gasteiger partial charge is 0.372 e. The van der Waals surface area contributed by atoms with E-state index in [1.165, 1.54) is 6.21 Å². The van der Waals surface area contributed by atoms with Crippen LogP contribution in [0.4, 0.5) is 0 Å². The highest BCUT2D eigenvalue weighted by molar-refractivity contribution is 5.60. The van der Waals surface area contributed by atoms with Gasteiger partial charge >= 0.3 is 0 Å². The van der Waals surface area contributed by atoms with E-state index in [0.29, 0.717) is 5.92 Å². The maximum absolute atomic E-state index is 6.74. The molecule has 0 amide bonds. The fraction of sp³-hybridized carbons (Fsp3) is 0.800. The molecule has 1 rings (SSSR count). The first-order valence-corrected chi connectivity index (χ1v) is 2.47. The maximum atomic E-state index is 6.74. The normalized spacial score (nSPS) is 39.6. The van der Waals surface area contributed by atoms with E-state index in [1.807, 2.05) is 0 Å². The second kappa shape index (κ2) is 1.62. The highest BCUT2D eigenvalue weighted by atomic mass is 16.5. The SMILES string of the molecule is CC1COC1C=N. The van der Waals surface area contributed by atoms with E-state index in [4.69, 9.17) is 10.1 Å². The van der Waals surface area contributed by atoms with Crippen molar-refractivity contribution in [2.75, 3.05) is 6.61 Å². The molecule has 0 saturated carbocycles. The Hall–Kier alpha value is -0.370. The lowest BCUT2D eigenvalue weighted by atomic mass is 10.0. The minimum Gasteiger partial charge on any atom is -0.372 e.